The maximum absolute atomic E-state index is 12.8. The summed E-state index contributed by atoms with van der Waals surface area (Å²) in [6.45, 7) is 0.977. The van der Waals surface area contributed by atoms with Crippen molar-refractivity contribution >= 4 is 27.3 Å². The Morgan fingerprint density at radius 2 is 1.56 bits per heavy atom. The van der Waals surface area contributed by atoms with Gasteiger partial charge in [0.05, 0.1) is 37.9 Å². The zero-order chi connectivity index (χ0) is 24.1. The molecule has 4 rings (SSSR count). The standard InChI is InChI=1S/C24H24N2O7S/c1-30-18-8-10-20(22(14-18)31-2)24(27)25-16-4-6-17(7-5-16)26-34(28,29)19-9-11-21-23(15-19)33-13-3-12-32-21/h4-11,14-15,26H,3,12-13H2,1-2H3,(H,25,27). The molecular weight excluding hydrogens is 460 g/mol. The molecule has 3 aromatic carbocycles. The van der Waals surface area contributed by atoms with Crippen LogP contribution in [-0.2, 0) is 10.0 Å². The highest BCUT2D eigenvalue weighted by Gasteiger charge is 2.19. The molecule has 3 aromatic rings. The van der Waals surface area contributed by atoms with E-state index in [1.165, 1.54) is 26.4 Å². The Bertz CT molecular complexity index is 1290. The maximum atomic E-state index is 12.8. The van der Waals surface area contributed by atoms with E-state index in [0.717, 1.165) is 6.42 Å². The van der Waals surface area contributed by atoms with Crippen molar-refractivity contribution in [3.05, 3.63) is 66.2 Å². The second-order valence-electron chi connectivity index (χ2n) is 7.36. The predicted octanol–water partition coefficient (Wildman–Crippen LogP) is 3.92. The molecule has 2 N–H and O–H groups in total. The van der Waals surface area contributed by atoms with Crippen molar-refractivity contribution in [2.75, 3.05) is 37.5 Å². The summed E-state index contributed by atoms with van der Waals surface area (Å²) in [5.41, 5.74) is 1.16. The van der Waals surface area contributed by atoms with Crippen LogP contribution in [-0.4, -0.2) is 41.8 Å². The van der Waals surface area contributed by atoms with Crippen LogP contribution in [0.2, 0.25) is 0 Å². The van der Waals surface area contributed by atoms with Crippen LogP contribution < -0.4 is 29.0 Å². The van der Waals surface area contributed by atoms with E-state index in [-0.39, 0.29) is 10.8 Å². The first-order valence-electron chi connectivity index (χ1n) is 10.5. The van der Waals surface area contributed by atoms with E-state index in [9.17, 15) is 13.2 Å². The quantitative estimate of drug-likeness (QED) is 0.523. The van der Waals surface area contributed by atoms with Crippen LogP contribution in [0.25, 0.3) is 0 Å². The third-order valence-corrected chi connectivity index (χ3v) is 6.46. The molecule has 0 saturated carbocycles. The van der Waals surface area contributed by atoms with Crippen molar-refractivity contribution in [1.29, 1.82) is 0 Å². The molecule has 34 heavy (non-hydrogen) atoms. The molecule has 0 aliphatic carbocycles. The van der Waals surface area contributed by atoms with Crippen LogP contribution in [0.3, 0.4) is 0 Å². The number of rotatable bonds is 7. The summed E-state index contributed by atoms with van der Waals surface area (Å²) in [4.78, 5) is 12.7. The molecule has 0 radical (unpaired) electrons. The van der Waals surface area contributed by atoms with E-state index in [2.05, 4.69) is 10.0 Å². The fraction of sp³-hybridized carbons (Fsp3) is 0.208. The van der Waals surface area contributed by atoms with Crippen LogP contribution >= 0.6 is 0 Å². The van der Waals surface area contributed by atoms with Gasteiger partial charge < -0.3 is 24.3 Å². The molecule has 1 aliphatic heterocycles. The normalized spacial score (nSPS) is 12.9. The summed E-state index contributed by atoms with van der Waals surface area (Å²) in [6.07, 6.45) is 0.725. The van der Waals surface area contributed by atoms with Crippen molar-refractivity contribution < 1.29 is 32.2 Å². The van der Waals surface area contributed by atoms with Gasteiger partial charge in [0.15, 0.2) is 11.5 Å². The van der Waals surface area contributed by atoms with E-state index in [4.69, 9.17) is 18.9 Å². The molecule has 1 heterocycles. The van der Waals surface area contributed by atoms with Crippen LogP contribution in [0.1, 0.15) is 16.8 Å². The number of methoxy groups -OCH3 is 2. The second-order valence-corrected chi connectivity index (χ2v) is 9.04. The van der Waals surface area contributed by atoms with Crippen LogP contribution in [0.5, 0.6) is 23.0 Å². The number of hydrogen-bond donors (Lipinski definition) is 2. The van der Waals surface area contributed by atoms with E-state index in [0.29, 0.717) is 53.2 Å². The van der Waals surface area contributed by atoms with E-state index in [1.807, 2.05) is 0 Å². The molecular formula is C24H24N2O7S. The number of nitrogens with one attached hydrogen (secondary N) is 2. The van der Waals surface area contributed by atoms with E-state index < -0.39 is 10.0 Å². The minimum Gasteiger partial charge on any atom is -0.497 e. The average molecular weight is 485 g/mol. The van der Waals surface area contributed by atoms with Gasteiger partial charge in [-0.25, -0.2) is 8.42 Å². The first-order chi connectivity index (χ1) is 16.4. The van der Waals surface area contributed by atoms with Crippen LogP contribution in [0.4, 0.5) is 11.4 Å². The van der Waals surface area contributed by atoms with Crippen LogP contribution in [0.15, 0.2) is 65.6 Å². The number of ether oxygens (including phenoxy) is 4. The highest BCUT2D eigenvalue weighted by molar-refractivity contribution is 7.92. The monoisotopic (exact) mass is 484 g/mol. The lowest BCUT2D eigenvalue weighted by Crippen LogP contribution is -2.14. The molecule has 1 aliphatic rings. The fourth-order valence-corrected chi connectivity index (χ4v) is 4.40. The van der Waals surface area contributed by atoms with Gasteiger partial charge in [0.25, 0.3) is 15.9 Å². The number of amides is 1. The summed E-state index contributed by atoms with van der Waals surface area (Å²) in [7, 11) is -0.859. The van der Waals surface area contributed by atoms with Gasteiger partial charge in [0.2, 0.25) is 0 Å². The maximum Gasteiger partial charge on any atom is 0.262 e. The Kier molecular flexibility index (Phi) is 6.78. The molecule has 0 fully saturated rings. The lowest BCUT2D eigenvalue weighted by atomic mass is 10.1. The highest BCUT2D eigenvalue weighted by atomic mass is 32.2. The second kappa shape index (κ2) is 9.92. The van der Waals surface area contributed by atoms with Crippen molar-refractivity contribution in [2.45, 2.75) is 11.3 Å². The van der Waals surface area contributed by atoms with Gasteiger partial charge in [-0.3, -0.25) is 9.52 Å². The minimum absolute atomic E-state index is 0.0562. The first kappa shape index (κ1) is 23.2. The van der Waals surface area contributed by atoms with Gasteiger partial charge in [-0.1, -0.05) is 0 Å². The lowest BCUT2D eigenvalue weighted by molar-refractivity contribution is 0.102. The number of carbonyl (C=O) groups is 1. The van der Waals surface area contributed by atoms with Gasteiger partial charge >= 0.3 is 0 Å². The zero-order valence-electron chi connectivity index (χ0n) is 18.7. The molecule has 0 unspecified atom stereocenters. The Labute approximate surface area is 197 Å². The van der Waals surface area contributed by atoms with Gasteiger partial charge in [-0.15, -0.1) is 0 Å². The van der Waals surface area contributed by atoms with Crippen molar-refractivity contribution in [3.63, 3.8) is 0 Å². The highest BCUT2D eigenvalue weighted by Crippen LogP contribution is 2.32. The molecule has 9 nitrogen and oxygen atoms in total. The van der Waals surface area contributed by atoms with Crippen LogP contribution in [0, 0.1) is 0 Å². The van der Waals surface area contributed by atoms with E-state index in [1.54, 1.807) is 48.5 Å². The van der Waals surface area contributed by atoms with Gasteiger partial charge in [0.1, 0.15) is 11.5 Å². The minimum atomic E-state index is -3.85. The first-order valence-corrected chi connectivity index (χ1v) is 11.9. The van der Waals surface area contributed by atoms with Gasteiger partial charge in [-0.05, 0) is 48.5 Å². The molecule has 0 spiro atoms. The van der Waals surface area contributed by atoms with Gasteiger partial charge in [0, 0.05) is 29.9 Å². The molecule has 0 bridgehead atoms. The fourth-order valence-electron chi connectivity index (χ4n) is 3.33. The topological polar surface area (TPSA) is 112 Å². The lowest BCUT2D eigenvalue weighted by Gasteiger charge is -2.13. The van der Waals surface area contributed by atoms with Crippen molar-refractivity contribution in [1.82, 2.24) is 0 Å². The smallest absolute Gasteiger partial charge is 0.262 e. The number of benzene rings is 3. The Morgan fingerprint density at radius 1 is 0.853 bits per heavy atom. The Morgan fingerprint density at radius 3 is 2.26 bits per heavy atom. The third kappa shape index (κ3) is 5.18. The molecule has 178 valence electrons. The summed E-state index contributed by atoms with van der Waals surface area (Å²) < 4.78 is 49.8. The van der Waals surface area contributed by atoms with Gasteiger partial charge in [-0.2, -0.15) is 0 Å². The summed E-state index contributed by atoms with van der Waals surface area (Å²) in [6, 6.07) is 15.7. The summed E-state index contributed by atoms with van der Waals surface area (Å²) in [5, 5.41) is 2.76. The predicted molar refractivity (Wildman–Crippen MR) is 127 cm³/mol. The number of sulfonamides is 1. The number of fused-ring (bicyclic) bond motifs is 1. The molecule has 0 aromatic heterocycles. The van der Waals surface area contributed by atoms with Crippen molar-refractivity contribution in [2.24, 2.45) is 0 Å². The Balaban J connectivity index is 1.46. The number of anilines is 2. The zero-order valence-corrected chi connectivity index (χ0v) is 19.5. The molecule has 10 heteroatoms. The summed E-state index contributed by atoms with van der Waals surface area (Å²) >= 11 is 0. The number of hydrogen-bond acceptors (Lipinski definition) is 7. The average Bonchev–Trinajstić information content (AvgIpc) is 3.09. The van der Waals surface area contributed by atoms with E-state index >= 15 is 0 Å². The third-order valence-electron chi connectivity index (χ3n) is 5.08. The largest absolute Gasteiger partial charge is 0.497 e. The summed E-state index contributed by atoms with van der Waals surface area (Å²) in [5.74, 6) is 1.48. The van der Waals surface area contributed by atoms with Crippen molar-refractivity contribution in [3.8, 4) is 23.0 Å². The molecule has 0 saturated heterocycles. The number of carbonyl (C=O) groups excluding carboxylic acids is 1. The molecule has 1 amide bonds. The molecule has 0 atom stereocenters. The SMILES string of the molecule is COc1ccc(C(=O)Nc2ccc(NS(=O)(=O)c3ccc4c(c3)OCCCO4)cc2)c(OC)c1. The Hall–Kier alpha value is -3.92.